The molecule has 0 atom stereocenters. The normalized spacial score (nSPS) is 11.1. The minimum atomic E-state index is -0.698. The molecule has 0 bridgehead atoms. The third-order valence-corrected chi connectivity index (χ3v) is 12.0. The van der Waals surface area contributed by atoms with E-state index in [2.05, 4.69) is 175 Å². The molecule has 6 rings (SSSR count). The molecule has 0 aliphatic rings. The predicted octanol–water partition coefficient (Wildman–Crippen LogP) is 6.82. The molecule has 0 aliphatic carbocycles. The molecule has 0 fully saturated rings. The Morgan fingerprint density at radius 2 is 0.700 bits per heavy atom. The molecule has 0 unspecified atom stereocenters. The molecular weight excluding hydrogens is 520 g/mol. The van der Waals surface area contributed by atoms with E-state index in [9.17, 15) is 0 Å². The third kappa shape index (κ3) is 5.93. The van der Waals surface area contributed by atoms with E-state index >= 15 is 0 Å². The molecule has 6 aromatic carbocycles. The SMILES string of the molecule is c1ccc(P(c2ccccc2)c2ccccc2CNc2ccccc2P(c2ccccc2)c2ccccc2)cc1. The van der Waals surface area contributed by atoms with E-state index in [-0.39, 0.29) is 0 Å². The number of para-hydroxylation sites is 1. The molecule has 194 valence electrons. The van der Waals surface area contributed by atoms with Crippen molar-refractivity contribution < 1.29 is 0 Å². The molecular formula is C37H31NP2. The lowest BCUT2D eigenvalue weighted by atomic mass is 10.2. The highest BCUT2D eigenvalue weighted by Crippen LogP contribution is 2.37. The van der Waals surface area contributed by atoms with Gasteiger partial charge in [-0.3, -0.25) is 0 Å². The molecule has 0 aromatic heterocycles. The minimum absolute atomic E-state index is 0.676. The van der Waals surface area contributed by atoms with Gasteiger partial charge in [0.05, 0.1) is 0 Å². The number of rotatable bonds is 9. The summed E-state index contributed by atoms with van der Waals surface area (Å²) in [4.78, 5) is 0. The van der Waals surface area contributed by atoms with Crippen molar-refractivity contribution in [1.82, 2.24) is 0 Å². The molecule has 1 nitrogen and oxygen atoms in total. The molecule has 3 heteroatoms. The van der Waals surface area contributed by atoms with Crippen molar-refractivity contribution in [2.45, 2.75) is 6.54 Å². The van der Waals surface area contributed by atoms with Crippen molar-refractivity contribution in [3.8, 4) is 0 Å². The monoisotopic (exact) mass is 551 g/mol. The van der Waals surface area contributed by atoms with Crippen molar-refractivity contribution in [3.63, 3.8) is 0 Å². The summed E-state index contributed by atoms with van der Waals surface area (Å²) in [5.74, 6) is 0. The predicted molar refractivity (Wildman–Crippen MR) is 178 cm³/mol. The number of anilines is 1. The second-order valence-electron chi connectivity index (χ2n) is 9.51. The van der Waals surface area contributed by atoms with E-state index in [0.29, 0.717) is 0 Å². The number of nitrogens with one attached hydrogen (secondary N) is 1. The fourth-order valence-corrected chi connectivity index (χ4v) is 9.95. The van der Waals surface area contributed by atoms with Gasteiger partial charge in [0, 0.05) is 17.5 Å². The van der Waals surface area contributed by atoms with Gasteiger partial charge in [-0.25, -0.2) is 0 Å². The standard InChI is InChI=1S/C37H31NP2/c1-5-18-31(19-6-1)39(32-20-7-2-8-21-32)36-27-15-13-17-30(36)29-38-35-26-14-16-28-37(35)40(33-22-9-3-10-23-33)34-24-11-4-12-25-34/h1-28,38H,29H2. The average molecular weight is 552 g/mol. The first-order valence-electron chi connectivity index (χ1n) is 13.6. The summed E-state index contributed by atoms with van der Waals surface area (Å²) in [5.41, 5.74) is 2.53. The van der Waals surface area contributed by atoms with Gasteiger partial charge in [0.1, 0.15) is 0 Å². The van der Waals surface area contributed by atoms with E-state index in [4.69, 9.17) is 0 Å². The van der Waals surface area contributed by atoms with Gasteiger partial charge in [-0.15, -0.1) is 0 Å². The topological polar surface area (TPSA) is 12.0 Å². The first-order valence-corrected chi connectivity index (χ1v) is 16.3. The lowest BCUT2D eigenvalue weighted by Gasteiger charge is -2.25. The van der Waals surface area contributed by atoms with Gasteiger partial charge in [0.25, 0.3) is 0 Å². The van der Waals surface area contributed by atoms with Crippen molar-refractivity contribution in [2.75, 3.05) is 5.32 Å². The van der Waals surface area contributed by atoms with Crippen LogP contribution in [0.2, 0.25) is 0 Å². The maximum absolute atomic E-state index is 3.87. The molecule has 0 radical (unpaired) electrons. The van der Waals surface area contributed by atoms with Crippen LogP contribution < -0.4 is 37.1 Å². The maximum atomic E-state index is 3.87. The van der Waals surface area contributed by atoms with Gasteiger partial charge in [-0.05, 0) is 54.0 Å². The van der Waals surface area contributed by atoms with Crippen LogP contribution in [0, 0.1) is 0 Å². The minimum Gasteiger partial charge on any atom is -0.380 e. The van der Waals surface area contributed by atoms with Crippen LogP contribution in [-0.4, -0.2) is 0 Å². The Hall–Kier alpha value is -4.02. The smallest absolute Gasteiger partial charge is 0.0427 e. The summed E-state index contributed by atoms with van der Waals surface area (Å²) in [5, 5.41) is 12.1. The Bertz CT molecular complexity index is 1430. The summed E-state index contributed by atoms with van der Waals surface area (Å²) < 4.78 is 0. The van der Waals surface area contributed by atoms with Crippen LogP contribution in [0.1, 0.15) is 5.56 Å². The highest BCUT2D eigenvalue weighted by atomic mass is 31.1. The van der Waals surface area contributed by atoms with Crippen molar-refractivity contribution >= 4 is 53.4 Å². The highest BCUT2D eigenvalue weighted by Gasteiger charge is 2.21. The quantitative estimate of drug-likeness (QED) is 0.195. The van der Waals surface area contributed by atoms with Gasteiger partial charge in [-0.1, -0.05) is 164 Å². The van der Waals surface area contributed by atoms with Crippen LogP contribution in [-0.2, 0) is 6.54 Å². The second kappa shape index (κ2) is 12.9. The molecule has 0 spiro atoms. The van der Waals surface area contributed by atoms with Crippen molar-refractivity contribution in [2.24, 2.45) is 0 Å². The first-order chi connectivity index (χ1) is 19.9. The van der Waals surface area contributed by atoms with Crippen LogP contribution in [0.25, 0.3) is 0 Å². The van der Waals surface area contributed by atoms with Gasteiger partial charge < -0.3 is 5.32 Å². The van der Waals surface area contributed by atoms with Crippen LogP contribution in [0.3, 0.4) is 0 Å². The molecule has 0 saturated carbocycles. The van der Waals surface area contributed by atoms with Crippen LogP contribution in [0.15, 0.2) is 170 Å². The molecule has 6 aromatic rings. The van der Waals surface area contributed by atoms with Crippen LogP contribution in [0.5, 0.6) is 0 Å². The number of benzene rings is 6. The molecule has 40 heavy (non-hydrogen) atoms. The molecule has 0 saturated heterocycles. The number of hydrogen-bond acceptors (Lipinski definition) is 1. The Morgan fingerprint density at radius 1 is 0.350 bits per heavy atom. The number of hydrogen-bond donors (Lipinski definition) is 1. The lowest BCUT2D eigenvalue weighted by Crippen LogP contribution is -2.26. The van der Waals surface area contributed by atoms with E-state index < -0.39 is 15.8 Å². The molecule has 1 N–H and O–H groups in total. The van der Waals surface area contributed by atoms with Crippen molar-refractivity contribution in [1.29, 1.82) is 0 Å². The fourth-order valence-electron chi connectivity index (χ4n) is 5.05. The maximum Gasteiger partial charge on any atom is 0.0427 e. The Balaban J connectivity index is 1.37. The Labute approximate surface area is 240 Å². The Kier molecular flexibility index (Phi) is 8.45. The lowest BCUT2D eigenvalue weighted by molar-refractivity contribution is 1.17. The van der Waals surface area contributed by atoms with E-state index in [1.165, 1.54) is 43.1 Å². The van der Waals surface area contributed by atoms with Gasteiger partial charge in [0.15, 0.2) is 0 Å². The summed E-state index contributed by atoms with van der Waals surface area (Å²) in [6.45, 7) is 0.762. The molecule has 0 amide bonds. The molecule has 0 aliphatic heterocycles. The van der Waals surface area contributed by atoms with Crippen LogP contribution in [0.4, 0.5) is 5.69 Å². The summed E-state index contributed by atoms with van der Waals surface area (Å²) in [6.07, 6.45) is 0. The van der Waals surface area contributed by atoms with Crippen LogP contribution >= 0.6 is 15.8 Å². The zero-order valence-corrected chi connectivity index (χ0v) is 24.1. The van der Waals surface area contributed by atoms with Gasteiger partial charge in [0.2, 0.25) is 0 Å². The van der Waals surface area contributed by atoms with E-state index in [1.807, 2.05) is 0 Å². The third-order valence-electron chi connectivity index (χ3n) is 6.90. The van der Waals surface area contributed by atoms with E-state index in [0.717, 1.165) is 6.54 Å². The van der Waals surface area contributed by atoms with Gasteiger partial charge in [-0.2, -0.15) is 0 Å². The summed E-state index contributed by atoms with van der Waals surface area (Å²) in [6, 6.07) is 61.5. The van der Waals surface area contributed by atoms with Gasteiger partial charge >= 0.3 is 0 Å². The largest absolute Gasteiger partial charge is 0.380 e. The van der Waals surface area contributed by atoms with Crippen molar-refractivity contribution in [3.05, 3.63) is 175 Å². The summed E-state index contributed by atoms with van der Waals surface area (Å²) in [7, 11) is -1.37. The second-order valence-corrected chi connectivity index (χ2v) is 13.9. The highest BCUT2D eigenvalue weighted by molar-refractivity contribution is 7.80. The molecule has 0 heterocycles. The first kappa shape index (κ1) is 26.2. The fraction of sp³-hybridized carbons (Fsp3) is 0.0270. The Morgan fingerprint density at radius 3 is 1.18 bits per heavy atom. The zero-order chi connectivity index (χ0) is 27.0. The zero-order valence-electron chi connectivity index (χ0n) is 22.3. The summed E-state index contributed by atoms with van der Waals surface area (Å²) >= 11 is 0. The average Bonchev–Trinajstić information content (AvgIpc) is 3.04. The van der Waals surface area contributed by atoms with E-state index in [1.54, 1.807) is 0 Å².